The maximum absolute atomic E-state index is 12.7. The van der Waals surface area contributed by atoms with Gasteiger partial charge in [0, 0.05) is 5.92 Å². The van der Waals surface area contributed by atoms with Gasteiger partial charge in [-0.25, -0.2) is 8.42 Å². The van der Waals surface area contributed by atoms with Crippen LogP contribution in [0.3, 0.4) is 0 Å². The van der Waals surface area contributed by atoms with Crippen LogP contribution in [0.4, 0.5) is 0 Å². The molecule has 1 aromatic carbocycles. The van der Waals surface area contributed by atoms with Gasteiger partial charge in [-0.3, -0.25) is 9.59 Å². The van der Waals surface area contributed by atoms with E-state index in [2.05, 4.69) is 5.73 Å². The van der Waals surface area contributed by atoms with E-state index in [0.29, 0.717) is 10.7 Å². The number of aryl methyl sites for hydroxylation is 1. The number of imide groups is 1. The van der Waals surface area contributed by atoms with Crippen molar-refractivity contribution in [3.63, 3.8) is 0 Å². The van der Waals surface area contributed by atoms with Gasteiger partial charge in [-0.05, 0) is 37.1 Å². The van der Waals surface area contributed by atoms with Crippen LogP contribution in [0, 0.1) is 24.7 Å². The molecule has 112 valence electrons. The summed E-state index contributed by atoms with van der Waals surface area (Å²) in [6.45, 7) is 1.84. The van der Waals surface area contributed by atoms with Crippen molar-refractivity contribution in [3.05, 3.63) is 47.2 Å². The number of fused-ring (bicyclic) bond motifs is 5. The zero-order valence-corrected chi connectivity index (χ0v) is 12.6. The van der Waals surface area contributed by atoms with Crippen LogP contribution in [-0.2, 0) is 19.6 Å². The number of sulfonamides is 1. The Morgan fingerprint density at radius 2 is 1.82 bits per heavy atom. The van der Waals surface area contributed by atoms with Crippen LogP contribution in [-0.4, -0.2) is 24.5 Å². The zero-order valence-electron chi connectivity index (χ0n) is 11.8. The highest BCUT2D eigenvalue weighted by Gasteiger charge is 2.60. The topological polar surface area (TPSA) is 71.5 Å². The summed E-state index contributed by atoms with van der Waals surface area (Å²) in [7, 11) is -4.14. The lowest BCUT2D eigenvalue weighted by Gasteiger charge is -2.17. The summed E-state index contributed by atoms with van der Waals surface area (Å²) in [6, 6.07) is 6.13. The summed E-state index contributed by atoms with van der Waals surface area (Å²) < 4.78 is 25.8. The number of carbonyl (C=O) groups is 2. The number of rotatable bonds is 2. The Morgan fingerprint density at radius 3 is 2.45 bits per heavy atom. The Hall–Kier alpha value is -2.17. The molecule has 2 bridgehead atoms. The molecule has 2 amide bonds. The van der Waals surface area contributed by atoms with E-state index in [1.807, 2.05) is 6.92 Å². The van der Waals surface area contributed by atoms with Crippen LogP contribution in [0.2, 0.25) is 0 Å². The fraction of sp³-hybridized carbons (Fsp3) is 0.312. The molecule has 2 aliphatic carbocycles. The maximum Gasteiger partial charge on any atom is 0.273 e. The predicted molar refractivity (Wildman–Crippen MR) is 76.9 cm³/mol. The predicted octanol–water partition coefficient (Wildman–Crippen LogP) is 1.40. The normalized spacial score (nSPS) is 29.2. The van der Waals surface area contributed by atoms with Crippen molar-refractivity contribution >= 4 is 21.8 Å². The summed E-state index contributed by atoms with van der Waals surface area (Å²) in [4.78, 5) is 25.0. The highest BCUT2D eigenvalue weighted by atomic mass is 32.2. The van der Waals surface area contributed by atoms with Crippen molar-refractivity contribution in [1.29, 1.82) is 0 Å². The van der Waals surface area contributed by atoms with E-state index in [0.717, 1.165) is 11.1 Å². The van der Waals surface area contributed by atoms with Gasteiger partial charge >= 0.3 is 0 Å². The largest absolute Gasteiger partial charge is 0.273 e. The van der Waals surface area contributed by atoms with Crippen LogP contribution < -0.4 is 0 Å². The first-order valence-corrected chi connectivity index (χ1v) is 8.50. The molecule has 0 N–H and O–H groups in total. The summed E-state index contributed by atoms with van der Waals surface area (Å²) in [6.07, 6.45) is 2.43. The molecular formula is C16H13NO4S. The molecule has 5 nitrogen and oxygen atoms in total. The van der Waals surface area contributed by atoms with Crippen molar-refractivity contribution in [2.24, 2.45) is 17.8 Å². The minimum atomic E-state index is -4.14. The molecule has 0 radical (unpaired) electrons. The lowest BCUT2D eigenvalue weighted by atomic mass is 9.89. The van der Waals surface area contributed by atoms with Crippen LogP contribution in [0.1, 0.15) is 12.0 Å². The fourth-order valence-electron chi connectivity index (χ4n) is 3.55. The minimum Gasteiger partial charge on any atom is -0.273 e. The molecule has 0 spiro atoms. The van der Waals surface area contributed by atoms with Crippen LogP contribution in [0.5, 0.6) is 0 Å². The maximum atomic E-state index is 12.7. The van der Waals surface area contributed by atoms with E-state index in [-0.39, 0.29) is 10.8 Å². The van der Waals surface area contributed by atoms with Crippen LogP contribution in [0.15, 0.2) is 46.5 Å². The lowest BCUT2D eigenvalue weighted by molar-refractivity contribution is -0.134. The minimum absolute atomic E-state index is 0.0333. The van der Waals surface area contributed by atoms with Crippen molar-refractivity contribution in [2.75, 3.05) is 0 Å². The molecule has 6 heteroatoms. The monoisotopic (exact) mass is 315 g/mol. The third-order valence-electron chi connectivity index (χ3n) is 4.64. The Morgan fingerprint density at radius 1 is 1.14 bits per heavy atom. The van der Waals surface area contributed by atoms with Crippen molar-refractivity contribution in [1.82, 2.24) is 4.31 Å². The molecule has 1 aliphatic heterocycles. The molecular weight excluding hydrogens is 302 g/mol. The van der Waals surface area contributed by atoms with Gasteiger partial charge in [-0.15, -0.1) is 5.73 Å². The highest BCUT2D eigenvalue weighted by Crippen LogP contribution is 2.51. The molecule has 1 saturated heterocycles. The van der Waals surface area contributed by atoms with Gasteiger partial charge in [0.2, 0.25) is 5.91 Å². The summed E-state index contributed by atoms with van der Waals surface area (Å²) >= 11 is 0. The lowest BCUT2D eigenvalue weighted by Crippen LogP contribution is -2.38. The van der Waals surface area contributed by atoms with Crippen molar-refractivity contribution < 1.29 is 18.0 Å². The summed E-state index contributed by atoms with van der Waals surface area (Å²) in [5.41, 5.74) is 4.66. The van der Waals surface area contributed by atoms with E-state index < -0.39 is 33.7 Å². The second-order valence-corrected chi connectivity index (χ2v) is 7.75. The van der Waals surface area contributed by atoms with Gasteiger partial charge in [0.25, 0.3) is 15.9 Å². The molecule has 1 aromatic rings. The second kappa shape index (κ2) is 4.18. The molecule has 4 rings (SSSR count). The average Bonchev–Trinajstić information content (AvgIpc) is 3.13. The standard InChI is InChI=1S/C16H13NO4S/c1-9-2-6-12(7-3-9)22(20,21)17-15(18)13-10-4-5-11(8-10)14(13)16(17)19/h2-4,6-7,10,13-14H,8H2,1H3. The second-order valence-electron chi connectivity index (χ2n) is 5.97. The number of carbonyl (C=O) groups excluding carboxylic acids is 2. The summed E-state index contributed by atoms with van der Waals surface area (Å²) in [5, 5.41) is 0. The summed E-state index contributed by atoms with van der Waals surface area (Å²) in [5.74, 6) is -2.52. The van der Waals surface area contributed by atoms with Crippen molar-refractivity contribution in [3.8, 4) is 0 Å². The zero-order chi connectivity index (χ0) is 15.6. The molecule has 22 heavy (non-hydrogen) atoms. The van der Waals surface area contributed by atoms with Gasteiger partial charge < -0.3 is 0 Å². The third kappa shape index (κ3) is 1.56. The highest BCUT2D eigenvalue weighted by molar-refractivity contribution is 7.90. The van der Waals surface area contributed by atoms with Gasteiger partial charge in [0.05, 0.1) is 16.7 Å². The number of benzene rings is 1. The smallest absolute Gasteiger partial charge is 0.273 e. The molecule has 3 atom stereocenters. The molecule has 1 saturated carbocycles. The first-order chi connectivity index (χ1) is 10.4. The third-order valence-corrected chi connectivity index (χ3v) is 6.35. The first-order valence-electron chi connectivity index (χ1n) is 7.06. The Labute approximate surface area is 128 Å². The van der Waals surface area contributed by atoms with Gasteiger partial charge in [-0.1, -0.05) is 17.7 Å². The number of hydrogen-bond acceptors (Lipinski definition) is 4. The number of amides is 2. The molecule has 1 heterocycles. The van der Waals surface area contributed by atoms with E-state index in [4.69, 9.17) is 0 Å². The van der Waals surface area contributed by atoms with Crippen LogP contribution in [0.25, 0.3) is 0 Å². The Bertz CT molecular complexity index is 875. The van der Waals surface area contributed by atoms with Gasteiger partial charge in [0.1, 0.15) is 0 Å². The van der Waals surface area contributed by atoms with Gasteiger partial charge in [0.15, 0.2) is 0 Å². The molecule has 0 aromatic heterocycles. The number of hydrogen-bond donors (Lipinski definition) is 0. The SMILES string of the molecule is Cc1ccc(S(=O)(=O)N2C(=O)C3C4=C=CC(C4)C3C2=O)cc1. The Kier molecular flexibility index (Phi) is 2.56. The molecule has 2 fully saturated rings. The fourth-order valence-corrected chi connectivity index (χ4v) is 4.95. The van der Waals surface area contributed by atoms with E-state index in [1.54, 1.807) is 18.2 Å². The van der Waals surface area contributed by atoms with E-state index >= 15 is 0 Å². The number of nitrogens with zero attached hydrogens (tertiary/aromatic N) is 1. The molecule has 3 aliphatic rings. The quantitative estimate of drug-likeness (QED) is 0.611. The van der Waals surface area contributed by atoms with Crippen molar-refractivity contribution in [2.45, 2.75) is 18.2 Å². The Balaban J connectivity index is 1.78. The first kappa shape index (κ1) is 13.5. The van der Waals surface area contributed by atoms with Crippen LogP contribution >= 0.6 is 0 Å². The van der Waals surface area contributed by atoms with E-state index in [1.165, 1.54) is 12.1 Å². The van der Waals surface area contributed by atoms with E-state index in [9.17, 15) is 18.0 Å². The average molecular weight is 315 g/mol. The molecule has 3 unspecified atom stereocenters. The van der Waals surface area contributed by atoms with Gasteiger partial charge in [-0.2, -0.15) is 4.31 Å².